The summed E-state index contributed by atoms with van der Waals surface area (Å²) in [7, 11) is 3.12. The monoisotopic (exact) mass is 435 g/mol. The van der Waals surface area contributed by atoms with E-state index in [0.29, 0.717) is 44.1 Å². The number of nitrogens with one attached hydrogen (secondary N) is 1. The largest absolute Gasteiger partial charge is 0.493 e. The molecule has 1 aromatic carbocycles. The maximum Gasteiger partial charge on any atom is 0.408 e. The van der Waals surface area contributed by atoms with Gasteiger partial charge < -0.3 is 29.3 Å². The highest BCUT2D eigenvalue weighted by molar-refractivity contribution is 5.83. The van der Waals surface area contributed by atoms with Crippen LogP contribution >= 0.6 is 0 Å². The first-order valence-corrected chi connectivity index (χ1v) is 10.4. The standard InChI is InChI=1S/C22H33N3O6/c1-22(2,3)31-21(28)23-15-20(27)25-10-6-9-24(11-12-25)19(26)14-16-7-8-17(29-4)18(13-16)30-5/h7-8,13H,6,9-12,14-15H2,1-5H3,(H,23,28). The van der Waals surface area contributed by atoms with Gasteiger partial charge in [0, 0.05) is 26.2 Å². The van der Waals surface area contributed by atoms with Crippen LogP contribution in [0, 0.1) is 0 Å². The van der Waals surface area contributed by atoms with Crippen LogP contribution in [0.2, 0.25) is 0 Å². The molecule has 1 aromatic rings. The summed E-state index contributed by atoms with van der Waals surface area (Å²) in [6.07, 6.45) is 0.298. The molecule has 0 saturated carbocycles. The summed E-state index contributed by atoms with van der Waals surface area (Å²) in [4.78, 5) is 40.4. The Kier molecular flexibility index (Phi) is 8.53. The third-order valence-electron chi connectivity index (χ3n) is 4.79. The van der Waals surface area contributed by atoms with E-state index in [0.717, 1.165) is 5.56 Å². The van der Waals surface area contributed by atoms with Crippen LogP contribution in [-0.4, -0.2) is 80.3 Å². The number of alkyl carbamates (subject to hydrolysis) is 1. The first-order valence-electron chi connectivity index (χ1n) is 10.4. The van der Waals surface area contributed by atoms with Gasteiger partial charge in [0.25, 0.3) is 0 Å². The minimum Gasteiger partial charge on any atom is -0.493 e. The molecular formula is C22H33N3O6. The number of ether oxygens (including phenoxy) is 3. The minimum atomic E-state index is -0.623. The summed E-state index contributed by atoms with van der Waals surface area (Å²) in [5.41, 5.74) is 0.214. The van der Waals surface area contributed by atoms with Gasteiger partial charge in [0.2, 0.25) is 11.8 Å². The molecule has 0 aromatic heterocycles. The Morgan fingerprint density at radius 1 is 0.935 bits per heavy atom. The molecular weight excluding hydrogens is 402 g/mol. The summed E-state index contributed by atoms with van der Waals surface area (Å²) in [6.45, 7) is 7.14. The average Bonchev–Trinajstić information content (AvgIpc) is 2.97. The number of benzene rings is 1. The van der Waals surface area contributed by atoms with E-state index in [2.05, 4.69) is 5.32 Å². The molecule has 0 bridgehead atoms. The molecule has 0 aliphatic carbocycles. The van der Waals surface area contributed by atoms with Crippen molar-refractivity contribution in [3.8, 4) is 11.5 Å². The lowest BCUT2D eigenvalue weighted by atomic mass is 10.1. The SMILES string of the molecule is COc1ccc(CC(=O)N2CCCN(C(=O)CNC(=O)OC(C)(C)C)CC2)cc1OC. The van der Waals surface area contributed by atoms with E-state index in [4.69, 9.17) is 14.2 Å². The highest BCUT2D eigenvalue weighted by atomic mass is 16.6. The van der Waals surface area contributed by atoms with Gasteiger partial charge in [-0.2, -0.15) is 0 Å². The second-order valence-corrected chi connectivity index (χ2v) is 8.34. The summed E-state index contributed by atoms with van der Waals surface area (Å²) >= 11 is 0. The molecule has 1 fully saturated rings. The van der Waals surface area contributed by atoms with E-state index in [1.54, 1.807) is 56.9 Å². The van der Waals surface area contributed by atoms with Gasteiger partial charge in [0.15, 0.2) is 11.5 Å². The fraction of sp³-hybridized carbons (Fsp3) is 0.591. The topological polar surface area (TPSA) is 97.4 Å². The van der Waals surface area contributed by atoms with Crippen molar-refractivity contribution in [2.75, 3.05) is 46.9 Å². The fourth-order valence-corrected chi connectivity index (χ4v) is 3.27. The lowest BCUT2D eigenvalue weighted by Gasteiger charge is -2.23. The minimum absolute atomic E-state index is 0.00611. The van der Waals surface area contributed by atoms with Gasteiger partial charge in [0.05, 0.1) is 20.6 Å². The molecule has 0 radical (unpaired) electrons. The average molecular weight is 436 g/mol. The molecule has 0 unspecified atom stereocenters. The Morgan fingerprint density at radius 2 is 1.55 bits per heavy atom. The number of carbonyl (C=O) groups excluding carboxylic acids is 3. The zero-order valence-corrected chi connectivity index (χ0v) is 19.0. The fourth-order valence-electron chi connectivity index (χ4n) is 3.27. The van der Waals surface area contributed by atoms with E-state index in [1.165, 1.54) is 0 Å². The smallest absolute Gasteiger partial charge is 0.408 e. The van der Waals surface area contributed by atoms with Gasteiger partial charge in [-0.05, 0) is 44.9 Å². The van der Waals surface area contributed by atoms with Crippen LogP contribution in [0.1, 0.15) is 32.8 Å². The zero-order valence-electron chi connectivity index (χ0n) is 19.0. The molecule has 172 valence electrons. The Bertz CT molecular complexity index is 790. The van der Waals surface area contributed by atoms with E-state index < -0.39 is 11.7 Å². The summed E-state index contributed by atoms with van der Waals surface area (Å²) in [6, 6.07) is 5.42. The van der Waals surface area contributed by atoms with Crippen LogP contribution in [0.3, 0.4) is 0 Å². The Morgan fingerprint density at radius 3 is 2.13 bits per heavy atom. The quantitative estimate of drug-likeness (QED) is 0.732. The molecule has 2 rings (SSSR count). The summed E-state index contributed by atoms with van der Waals surface area (Å²) in [5, 5.41) is 2.49. The van der Waals surface area contributed by atoms with Crippen LogP contribution in [-0.2, 0) is 20.7 Å². The number of hydrogen-bond acceptors (Lipinski definition) is 6. The highest BCUT2D eigenvalue weighted by Crippen LogP contribution is 2.27. The van der Waals surface area contributed by atoms with E-state index in [9.17, 15) is 14.4 Å². The molecule has 1 aliphatic heterocycles. The van der Waals surface area contributed by atoms with E-state index >= 15 is 0 Å². The Balaban J connectivity index is 1.86. The second-order valence-electron chi connectivity index (χ2n) is 8.34. The molecule has 9 nitrogen and oxygen atoms in total. The van der Waals surface area contributed by atoms with Crippen molar-refractivity contribution in [2.45, 2.75) is 39.2 Å². The number of methoxy groups -OCH3 is 2. The van der Waals surface area contributed by atoms with Gasteiger partial charge in [-0.15, -0.1) is 0 Å². The van der Waals surface area contributed by atoms with Gasteiger partial charge in [0.1, 0.15) is 12.1 Å². The van der Waals surface area contributed by atoms with Crippen LogP contribution in [0.25, 0.3) is 0 Å². The van der Waals surface area contributed by atoms with Gasteiger partial charge in [-0.25, -0.2) is 4.79 Å². The number of nitrogens with zero attached hydrogens (tertiary/aromatic N) is 2. The first kappa shape index (κ1) is 24.3. The van der Waals surface area contributed by atoms with Gasteiger partial charge in [-0.1, -0.05) is 6.07 Å². The van der Waals surface area contributed by atoms with Crippen LogP contribution in [0.5, 0.6) is 11.5 Å². The third-order valence-corrected chi connectivity index (χ3v) is 4.79. The number of hydrogen-bond donors (Lipinski definition) is 1. The molecule has 31 heavy (non-hydrogen) atoms. The van der Waals surface area contributed by atoms with Crippen LogP contribution in [0.15, 0.2) is 18.2 Å². The normalized spacial score (nSPS) is 14.5. The summed E-state index contributed by atoms with van der Waals surface area (Å²) in [5.74, 6) is 0.994. The van der Waals surface area contributed by atoms with Gasteiger partial charge >= 0.3 is 6.09 Å². The predicted molar refractivity (Wildman–Crippen MR) is 115 cm³/mol. The van der Waals surface area contributed by atoms with Crippen molar-refractivity contribution in [1.29, 1.82) is 0 Å². The van der Waals surface area contributed by atoms with Crippen molar-refractivity contribution in [1.82, 2.24) is 15.1 Å². The predicted octanol–water partition coefficient (Wildman–Crippen LogP) is 1.83. The lowest BCUT2D eigenvalue weighted by molar-refractivity contribution is -0.132. The maximum absolute atomic E-state index is 12.8. The Labute approximate surface area is 183 Å². The van der Waals surface area contributed by atoms with Crippen molar-refractivity contribution in [3.05, 3.63) is 23.8 Å². The number of rotatable bonds is 6. The molecule has 0 spiro atoms. The molecule has 9 heteroatoms. The third kappa shape index (κ3) is 7.66. The zero-order chi connectivity index (χ0) is 23.0. The van der Waals surface area contributed by atoms with Crippen LogP contribution in [0.4, 0.5) is 4.79 Å². The van der Waals surface area contributed by atoms with E-state index in [1.807, 2.05) is 6.07 Å². The van der Waals surface area contributed by atoms with Crippen molar-refractivity contribution in [2.24, 2.45) is 0 Å². The molecule has 3 amide bonds. The van der Waals surface area contributed by atoms with Crippen molar-refractivity contribution in [3.63, 3.8) is 0 Å². The van der Waals surface area contributed by atoms with Crippen molar-refractivity contribution < 1.29 is 28.6 Å². The van der Waals surface area contributed by atoms with Crippen molar-refractivity contribution >= 4 is 17.9 Å². The molecule has 1 aliphatic rings. The Hall–Kier alpha value is -2.97. The molecule has 0 atom stereocenters. The molecule has 1 heterocycles. The first-order chi connectivity index (χ1) is 14.6. The highest BCUT2D eigenvalue weighted by Gasteiger charge is 2.23. The van der Waals surface area contributed by atoms with Crippen LogP contribution < -0.4 is 14.8 Å². The molecule has 1 saturated heterocycles. The number of carbonyl (C=O) groups is 3. The number of amides is 3. The lowest BCUT2D eigenvalue weighted by Crippen LogP contribution is -2.43. The summed E-state index contributed by atoms with van der Waals surface area (Å²) < 4.78 is 15.7. The molecule has 1 N–H and O–H groups in total. The maximum atomic E-state index is 12.8. The van der Waals surface area contributed by atoms with E-state index in [-0.39, 0.29) is 24.8 Å². The second kappa shape index (κ2) is 10.9. The van der Waals surface area contributed by atoms with Gasteiger partial charge in [-0.3, -0.25) is 9.59 Å².